The molecule has 72 valence electrons. The smallest absolute Gasteiger partial charge is 0.168 e. The maximum absolute atomic E-state index is 11.7. The number of hydrogen-bond acceptors (Lipinski definition) is 2. The van der Waals surface area contributed by atoms with E-state index in [1.165, 1.54) is 0 Å². The van der Waals surface area contributed by atoms with Crippen LogP contribution in [0.5, 0.6) is 0 Å². The molecule has 1 atom stereocenters. The van der Waals surface area contributed by atoms with E-state index < -0.39 is 0 Å². The quantitative estimate of drug-likeness (QED) is 0.665. The number of carbonyl (C=O) groups excluding carboxylic acids is 1. The van der Waals surface area contributed by atoms with Crippen LogP contribution < -0.4 is 0 Å². The second-order valence-electron chi connectivity index (χ2n) is 3.26. The van der Waals surface area contributed by atoms with Crippen LogP contribution in [0.25, 0.3) is 0 Å². The molecular formula is C10H16N2O. The summed E-state index contributed by atoms with van der Waals surface area (Å²) in [6, 6.07) is 0. The average Bonchev–Trinajstić information content (AvgIpc) is 2.63. The van der Waals surface area contributed by atoms with Gasteiger partial charge in [-0.15, -0.1) is 0 Å². The topological polar surface area (TPSA) is 34.9 Å². The van der Waals surface area contributed by atoms with E-state index in [0.717, 1.165) is 18.5 Å². The first-order chi connectivity index (χ1) is 6.19. The highest BCUT2D eigenvalue weighted by molar-refractivity contribution is 5.97. The summed E-state index contributed by atoms with van der Waals surface area (Å²) in [5, 5.41) is 4.07. The molecule has 13 heavy (non-hydrogen) atoms. The number of carbonyl (C=O) groups is 1. The van der Waals surface area contributed by atoms with Crippen LogP contribution in [0.1, 0.15) is 37.6 Å². The fraction of sp³-hybridized carbons (Fsp3) is 0.600. The Morgan fingerprint density at radius 1 is 1.62 bits per heavy atom. The van der Waals surface area contributed by atoms with E-state index in [1.807, 2.05) is 27.0 Å². The third-order valence-electron chi connectivity index (χ3n) is 2.30. The molecule has 1 heterocycles. The van der Waals surface area contributed by atoms with Gasteiger partial charge in [-0.25, -0.2) is 0 Å². The number of aromatic nitrogens is 2. The largest absolute Gasteiger partial charge is 0.294 e. The number of nitrogens with zero attached hydrogens (tertiary/aromatic N) is 2. The first kappa shape index (κ1) is 9.96. The standard InChI is InChI=1S/C10H16N2O/c1-4-8(3)10(13)9-6-11-12(5-2)7-9/h6-8H,4-5H2,1-3H3. The van der Waals surface area contributed by atoms with Crippen molar-refractivity contribution >= 4 is 5.78 Å². The highest BCUT2D eigenvalue weighted by Crippen LogP contribution is 2.10. The molecular weight excluding hydrogens is 164 g/mol. The van der Waals surface area contributed by atoms with Gasteiger partial charge in [0.05, 0.1) is 11.8 Å². The molecule has 1 rings (SSSR count). The lowest BCUT2D eigenvalue weighted by Crippen LogP contribution is -2.09. The maximum Gasteiger partial charge on any atom is 0.168 e. The molecule has 3 nitrogen and oxygen atoms in total. The molecule has 0 fully saturated rings. The summed E-state index contributed by atoms with van der Waals surface area (Å²) >= 11 is 0. The Balaban J connectivity index is 2.77. The summed E-state index contributed by atoms with van der Waals surface area (Å²) in [7, 11) is 0. The van der Waals surface area contributed by atoms with Crippen LogP contribution >= 0.6 is 0 Å². The van der Waals surface area contributed by atoms with Gasteiger partial charge >= 0.3 is 0 Å². The van der Waals surface area contributed by atoms with Gasteiger partial charge in [0.1, 0.15) is 0 Å². The molecule has 0 saturated heterocycles. The second kappa shape index (κ2) is 4.21. The molecule has 0 amide bonds. The molecule has 0 aliphatic carbocycles. The van der Waals surface area contributed by atoms with Crippen molar-refractivity contribution in [2.24, 2.45) is 5.92 Å². The zero-order valence-corrected chi connectivity index (χ0v) is 8.45. The Kier molecular flexibility index (Phi) is 3.23. The van der Waals surface area contributed by atoms with E-state index in [-0.39, 0.29) is 11.7 Å². The Bertz CT molecular complexity index is 291. The minimum atomic E-state index is 0.106. The predicted molar refractivity (Wildman–Crippen MR) is 51.7 cm³/mol. The zero-order chi connectivity index (χ0) is 9.84. The lowest BCUT2D eigenvalue weighted by molar-refractivity contribution is 0.0927. The summed E-state index contributed by atoms with van der Waals surface area (Å²) < 4.78 is 1.77. The molecule has 3 heteroatoms. The van der Waals surface area contributed by atoms with E-state index in [9.17, 15) is 4.79 Å². The number of Topliss-reactive ketones (excluding diaryl/α,β-unsaturated/α-hetero) is 1. The van der Waals surface area contributed by atoms with Crippen molar-refractivity contribution in [2.75, 3.05) is 0 Å². The first-order valence-electron chi connectivity index (χ1n) is 4.75. The minimum absolute atomic E-state index is 0.106. The van der Waals surface area contributed by atoms with Crippen molar-refractivity contribution in [2.45, 2.75) is 33.7 Å². The van der Waals surface area contributed by atoms with Crippen molar-refractivity contribution in [3.63, 3.8) is 0 Å². The Hall–Kier alpha value is -1.12. The van der Waals surface area contributed by atoms with Gasteiger partial charge in [-0.05, 0) is 13.3 Å². The van der Waals surface area contributed by atoms with Crippen LogP contribution in [0.4, 0.5) is 0 Å². The molecule has 0 saturated carbocycles. The second-order valence-corrected chi connectivity index (χ2v) is 3.26. The van der Waals surface area contributed by atoms with E-state index in [0.29, 0.717) is 0 Å². The summed E-state index contributed by atoms with van der Waals surface area (Å²) in [6.07, 6.45) is 4.35. The van der Waals surface area contributed by atoms with E-state index in [1.54, 1.807) is 10.9 Å². The minimum Gasteiger partial charge on any atom is -0.294 e. The van der Waals surface area contributed by atoms with Gasteiger partial charge in [-0.3, -0.25) is 9.48 Å². The van der Waals surface area contributed by atoms with Crippen molar-refractivity contribution in [3.05, 3.63) is 18.0 Å². The Morgan fingerprint density at radius 2 is 2.31 bits per heavy atom. The van der Waals surface area contributed by atoms with Gasteiger partial charge in [0.15, 0.2) is 5.78 Å². The van der Waals surface area contributed by atoms with Crippen molar-refractivity contribution in [1.82, 2.24) is 9.78 Å². The van der Waals surface area contributed by atoms with Gasteiger partial charge in [0, 0.05) is 18.7 Å². The van der Waals surface area contributed by atoms with E-state index in [2.05, 4.69) is 5.10 Å². The zero-order valence-electron chi connectivity index (χ0n) is 8.45. The number of ketones is 1. The third-order valence-corrected chi connectivity index (χ3v) is 2.30. The summed E-state index contributed by atoms with van der Waals surface area (Å²) in [6.45, 7) is 6.79. The van der Waals surface area contributed by atoms with Crippen molar-refractivity contribution in [3.8, 4) is 0 Å². The molecule has 0 aliphatic heterocycles. The fourth-order valence-electron chi connectivity index (χ4n) is 1.13. The van der Waals surface area contributed by atoms with Crippen LogP contribution in [0.2, 0.25) is 0 Å². The van der Waals surface area contributed by atoms with Crippen LogP contribution in [-0.4, -0.2) is 15.6 Å². The lowest BCUT2D eigenvalue weighted by atomic mass is 10.00. The van der Waals surface area contributed by atoms with Crippen molar-refractivity contribution < 1.29 is 4.79 Å². The number of rotatable bonds is 4. The molecule has 0 N–H and O–H groups in total. The first-order valence-corrected chi connectivity index (χ1v) is 4.75. The summed E-state index contributed by atoms with van der Waals surface area (Å²) in [4.78, 5) is 11.7. The summed E-state index contributed by atoms with van der Waals surface area (Å²) in [5.74, 6) is 0.303. The SMILES string of the molecule is CCC(C)C(=O)c1cnn(CC)c1. The molecule has 0 aromatic carbocycles. The molecule has 0 aliphatic rings. The predicted octanol–water partition coefficient (Wildman–Crippen LogP) is 2.13. The molecule has 0 radical (unpaired) electrons. The van der Waals surface area contributed by atoms with Gasteiger partial charge in [-0.2, -0.15) is 5.10 Å². The van der Waals surface area contributed by atoms with Crippen LogP contribution in [0.3, 0.4) is 0 Å². The van der Waals surface area contributed by atoms with Gasteiger partial charge in [0.25, 0.3) is 0 Å². The van der Waals surface area contributed by atoms with Crippen LogP contribution in [-0.2, 0) is 6.54 Å². The Morgan fingerprint density at radius 3 is 2.77 bits per heavy atom. The lowest BCUT2D eigenvalue weighted by Gasteiger charge is -2.03. The fourth-order valence-corrected chi connectivity index (χ4v) is 1.13. The molecule has 0 spiro atoms. The van der Waals surface area contributed by atoms with Gasteiger partial charge in [0.2, 0.25) is 0 Å². The summed E-state index contributed by atoms with van der Waals surface area (Å²) in [5.41, 5.74) is 0.733. The highest BCUT2D eigenvalue weighted by Gasteiger charge is 2.14. The molecule has 1 aromatic heterocycles. The molecule has 1 aromatic rings. The molecule has 0 bridgehead atoms. The van der Waals surface area contributed by atoms with E-state index in [4.69, 9.17) is 0 Å². The highest BCUT2D eigenvalue weighted by atomic mass is 16.1. The van der Waals surface area contributed by atoms with E-state index >= 15 is 0 Å². The average molecular weight is 180 g/mol. The molecule has 1 unspecified atom stereocenters. The van der Waals surface area contributed by atoms with Crippen LogP contribution in [0, 0.1) is 5.92 Å². The normalized spacial score (nSPS) is 12.8. The van der Waals surface area contributed by atoms with Gasteiger partial charge in [-0.1, -0.05) is 13.8 Å². The van der Waals surface area contributed by atoms with Crippen LogP contribution in [0.15, 0.2) is 12.4 Å². The Labute approximate surface area is 78.8 Å². The van der Waals surface area contributed by atoms with Gasteiger partial charge < -0.3 is 0 Å². The monoisotopic (exact) mass is 180 g/mol. The number of aryl methyl sites for hydroxylation is 1. The van der Waals surface area contributed by atoms with Crippen molar-refractivity contribution in [1.29, 1.82) is 0 Å². The number of hydrogen-bond donors (Lipinski definition) is 0. The third kappa shape index (κ3) is 2.17. The maximum atomic E-state index is 11.7.